The lowest BCUT2D eigenvalue weighted by molar-refractivity contribution is 0.177. The summed E-state index contributed by atoms with van der Waals surface area (Å²) in [6, 6.07) is 16.6. The van der Waals surface area contributed by atoms with E-state index in [1.807, 2.05) is 29.2 Å². The fourth-order valence-electron chi connectivity index (χ4n) is 3.93. The molecule has 0 aromatic heterocycles. The highest BCUT2D eigenvalue weighted by atomic mass is 16.5. The Kier molecular flexibility index (Phi) is 4.80. The number of urea groups is 1. The van der Waals surface area contributed by atoms with E-state index in [0.29, 0.717) is 6.04 Å². The summed E-state index contributed by atoms with van der Waals surface area (Å²) in [6.45, 7) is 3.68. The summed E-state index contributed by atoms with van der Waals surface area (Å²) in [6.07, 6.45) is 2.14. The minimum atomic E-state index is -0.0184. The molecule has 136 valence electrons. The second kappa shape index (κ2) is 7.38. The highest BCUT2D eigenvalue weighted by Gasteiger charge is 2.32. The molecule has 2 aromatic carbocycles. The number of hydrogen-bond donors (Lipinski definition) is 1. The summed E-state index contributed by atoms with van der Waals surface area (Å²) in [4.78, 5) is 17.0. The van der Waals surface area contributed by atoms with Crippen LogP contribution in [0, 0.1) is 0 Å². The second-order valence-corrected chi connectivity index (χ2v) is 7.04. The summed E-state index contributed by atoms with van der Waals surface area (Å²) in [5, 5.41) is 2.99. The van der Waals surface area contributed by atoms with Gasteiger partial charge in [-0.15, -0.1) is 0 Å². The first-order chi connectivity index (χ1) is 12.7. The van der Waals surface area contributed by atoms with Crippen molar-refractivity contribution in [2.24, 2.45) is 0 Å². The van der Waals surface area contributed by atoms with E-state index in [1.54, 1.807) is 7.11 Å². The predicted molar refractivity (Wildman–Crippen MR) is 103 cm³/mol. The van der Waals surface area contributed by atoms with E-state index in [1.165, 1.54) is 11.1 Å². The van der Waals surface area contributed by atoms with Crippen LogP contribution in [-0.2, 0) is 13.0 Å². The van der Waals surface area contributed by atoms with Crippen molar-refractivity contribution in [3.05, 3.63) is 59.7 Å². The molecular formula is C21H25N3O2. The van der Waals surface area contributed by atoms with Gasteiger partial charge in [-0.05, 0) is 48.2 Å². The molecule has 1 atom stereocenters. The minimum Gasteiger partial charge on any atom is -0.497 e. The fraction of sp³-hybridized carbons (Fsp3) is 0.381. The third-order valence-electron chi connectivity index (χ3n) is 5.47. The first-order valence-corrected chi connectivity index (χ1v) is 9.24. The van der Waals surface area contributed by atoms with Gasteiger partial charge in [0, 0.05) is 37.9 Å². The van der Waals surface area contributed by atoms with Crippen LogP contribution in [-0.4, -0.2) is 48.6 Å². The normalized spacial score (nSPS) is 19.9. The molecule has 0 bridgehead atoms. The van der Waals surface area contributed by atoms with Gasteiger partial charge in [-0.2, -0.15) is 0 Å². The lowest BCUT2D eigenvalue weighted by Crippen LogP contribution is -2.42. The van der Waals surface area contributed by atoms with Crippen molar-refractivity contribution in [2.75, 3.05) is 32.1 Å². The molecule has 1 N–H and O–H groups in total. The number of carbonyl (C=O) groups excluding carboxylic acids is 1. The van der Waals surface area contributed by atoms with Crippen LogP contribution in [0.5, 0.6) is 5.75 Å². The van der Waals surface area contributed by atoms with Crippen molar-refractivity contribution < 1.29 is 9.53 Å². The van der Waals surface area contributed by atoms with Gasteiger partial charge in [0.25, 0.3) is 0 Å². The zero-order valence-electron chi connectivity index (χ0n) is 15.1. The molecule has 2 aliphatic heterocycles. The summed E-state index contributed by atoms with van der Waals surface area (Å²) in [5.74, 6) is 0.787. The average Bonchev–Trinajstić information content (AvgIpc) is 3.18. The number of anilines is 1. The molecule has 26 heavy (non-hydrogen) atoms. The van der Waals surface area contributed by atoms with Crippen LogP contribution in [0.2, 0.25) is 0 Å². The van der Waals surface area contributed by atoms with Crippen LogP contribution >= 0.6 is 0 Å². The van der Waals surface area contributed by atoms with Crippen molar-refractivity contribution in [1.29, 1.82) is 0 Å². The summed E-state index contributed by atoms with van der Waals surface area (Å²) >= 11 is 0. The molecule has 0 aliphatic carbocycles. The van der Waals surface area contributed by atoms with Crippen LogP contribution in [0.1, 0.15) is 17.5 Å². The third-order valence-corrected chi connectivity index (χ3v) is 5.47. The number of nitrogens with zero attached hydrogens (tertiary/aromatic N) is 2. The zero-order valence-corrected chi connectivity index (χ0v) is 15.1. The molecule has 5 nitrogen and oxygen atoms in total. The molecule has 0 saturated carbocycles. The Morgan fingerprint density at radius 2 is 1.85 bits per heavy atom. The Morgan fingerprint density at radius 1 is 1.08 bits per heavy atom. The van der Waals surface area contributed by atoms with Crippen molar-refractivity contribution >= 4 is 11.7 Å². The lowest BCUT2D eigenvalue weighted by atomic mass is 9.98. The van der Waals surface area contributed by atoms with E-state index in [0.717, 1.165) is 50.5 Å². The monoisotopic (exact) mass is 351 g/mol. The van der Waals surface area contributed by atoms with E-state index in [4.69, 9.17) is 4.74 Å². The van der Waals surface area contributed by atoms with Gasteiger partial charge in [0.2, 0.25) is 0 Å². The van der Waals surface area contributed by atoms with Crippen LogP contribution < -0.4 is 10.1 Å². The van der Waals surface area contributed by atoms with Crippen molar-refractivity contribution in [1.82, 2.24) is 9.80 Å². The number of nitrogens with one attached hydrogen (secondary N) is 1. The van der Waals surface area contributed by atoms with Crippen LogP contribution in [0.4, 0.5) is 10.5 Å². The van der Waals surface area contributed by atoms with Gasteiger partial charge in [0.1, 0.15) is 5.75 Å². The van der Waals surface area contributed by atoms with Crippen LogP contribution in [0.3, 0.4) is 0 Å². The molecule has 2 aliphatic rings. The summed E-state index contributed by atoms with van der Waals surface area (Å²) in [5.41, 5.74) is 3.70. The van der Waals surface area contributed by atoms with Crippen molar-refractivity contribution in [3.8, 4) is 5.75 Å². The first-order valence-electron chi connectivity index (χ1n) is 9.24. The number of ether oxygens (including phenoxy) is 1. The predicted octanol–water partition coefficient (Wildman–Crippen LogP) is 3.36. The number of amides is 2. The molecule has 1 fully saturated rings. The maximum Gasteiger partial charge on any atom is 0.321 e. The van der Waals surface area contributed by atoms with E-state index in [-0.39, 0.29) is 6.03 Å². The van der Waals surface area contributed by atoms with Crippen molar-refractivity contribution in [3.63, 3.8) is 0 Å². The smallest absolute Gasteiger partial charge is 0.321 e. The lowest BCUT2D eigenvalue weighted by Gasteiger charge is -2.33. The maximum absolute atomic E-state index is 12.6. The van der Waals surface area contributed by atoms with Gasteiger partial charge in [-0.25, -0.2) is 4.79 Å². The van der Waals surface area contributed by atoms with Crippen LogP contribution in [0.15, 0.2) is 48.5 Å². The fourth-order valence-corrected chi connectivity index (χ4v) is 3.93. The second-order valence-electron chi connectivity index (χ2n) is 7.04. The van der Waals surface area contributed by atoms with Gasteiger partial charge in [0.15, 0.2) is 0 Å². The molecule has 1 saturated heterocycles. The molecule has 5 heteroatoms. The molecule has 2 aromatic rings. The number of likely N-dealkylation sites (tertiary alicyclic amines) is 1. The highest BCUT2D eigenvalue weighted by molar-refractivity contribution is 5.89. The third kappa shape index (κ3) is 3.53. The molecular weight excluding hydrogens is 326 g/mol. The Morgan fingerprint density at radius 3 is 2.62 bits per heavy atom. The average molecular weight is 351 g/mol. The molecule has 2 amide bonds. The van der Waals surface area contributed by atoms with Gasteiger partial charge < -0.3 is 15.0 Å². The van der Waals surface area contributed by atoms with E-state index < -0.39 is 0 Å². The Labute approximate surface area is 154 Å². The Balaban J connectivity index is 1.34. The molecule has 0 spiro atoms. The summed E-state index contributed by atoms with van der Waals surface area (Å²) in [7, 11) is 1.64. The topological polar surface area (TPSA) is 44.8 Å². The number of carbonyl (C=O) groups is 1. The van der Waals surface area contributed by atoms with E-state index >= 15 is 0 Å². The SMILES string of the molecule is COc1ccc(NC(=O)N2CCC(N3CCc4ccccc4C3)C2)cc1. The van der Waals surface area contributed by atoms with Gasteiger partial charge in [0.05, 0.1) is 7.11 Å². The number of benzene rings is 2. The van der Waals surface area contributed by atoms with Gasteiger partial charge >= 0.3 is 6.03 Å². The number of methoxy groups -OCH3 is 1. The number of fused-ring (bicyclic) bond motifs is 1. The minimum absolute atomic E-state index is 0.0184. The molecule has 1 unspecified atom stereocenters. The number of hydrogen-bond acceptors (Lipinski definition) is 3. The number of rotatable bonds is 3. The quantitative estimate of drug-likeness (QED) is 0.922. The maximum atomic E-state index is 12.6. The first kappa shape index (κ1) is 16.9. The van der Waals surface area contributed by atoms with Crippen LogP contribution in [0.25, 0.3) is 0 Å². The largest absolute Gasteiger partial charge is 0.497 e. The molecule has 2 heterocycles. The zero-order chi connectivity index (χ0) is 17.9. The molecule has 0 radical (unpaired) electrons. The van der Waals surface area contributed by atoms with E-state index in [9.17, 15) is 4.79 Å². The summed E-state index contributed by atoms with van der Waals surface area (Å²) < 4.78 is 5.15. The Hall–Kier alpha value is -2.53. The van der Waals surface area contributed by atoms with Gasteiger partial charge in [-0.1, -0.05) is 24.3 Å². The molecule has 4 rings (SSSR count). The van der Waals surface area contributed by atoms with Crippen molar-refractivity contribution in [2.45, 2.75) is 25.4 Å². The van der Waals surface area contributed by atoms with Gasteiger partial charge in [-0.3, -0.25) is 4.90 Å². The highest BCUT2D eigenvalue weighted by Crippen LogP contribution is 2.25. The van der Waals surface area contributed by atoms with E-state index in [2.05, 4.69) is 34.5 Å². The standard InChI is InChI=1S/C21H25N3O2/c1-26-20-8-6-18(7-9-20)22-21(25)24-13-11-19(15-24)23-12-10-16-4-2-3-5-17(16)14-23/h2-9,19H,10-15H2,1H3,(H,22,25). The Bertz CT molecular complexity index is 775.